The van der Waals surface area contributed by atoms with Gasteiger partial charge in [0, 0.05) is 18.2 Å². The molecule has 1 rings (SSSR count). The van der Waals surface area contributed by atoms with Gasteiger partial charge in [0.25, 0.3) is 5.91 Å². The van der Waals surface area contributed by atoms with Crippen LogP contribution in [0.4, 0.5) is 0 Å². The van der Waals surface area contributed by atoms with Crippen molar-refractivity contribution in [2.45, 2.75) is 26.8 Å². The predicted molar refractivity (Wildman–Crippen MR) is 58.9 cm³/mol. The Kier molecular flexibility index (Phi) is 3.28. The van der Waals surface area contributed by atoms with Gasteiger partial charge >= 0.3 is 0 Å². The van der Waals surface area contributed by atoms with Gasteiger partial charge in [0.2, 0.25) is 0 Å². The number of hydrogen-bond acceptors (Lipinski definition) is 1. The minimum atomic E-state index is 0.119. The molecule has 76 valence electrons. The van der Waals surface area contributed by atoms with Crippen LogP contribution >= 0.6 is 0 Å². The number of carbonyl (C=O) groups excluding carboxylic acids is 1. The van der Waals surface area contributed by atoms with Crippen LogP contribution in [0, 0.1) is 0 Å². The van der Waals surface area contributed by atoms with Crippen molar-refractivity contribution in [1.29, 1.82) is 0 Å². The molecule has 0 spiro atoms. The van der Waals surface area contributed by atoms with Gasteiger partial charge < -0.3 is 4.90 Å². The van der Waals surface area contributed by atoms with E-state index in [2.05, 4.69) is 6.58 Å². The minimum Gasteiger partial charge on any atom is -0.332 e. The summed E-state index contributed by atoms with van der Waals surface area (Å²) in [6.45, 7) is 10.4. The molecular weight excluding hydrogens is 174 g/mol. The standard InChI is InChI=1S/C12H17NO/c1-5-7-11-10(6-2)8-13(9(3)4)12(11)14/h5-7,9H,2,8H2,1,3-4H3/b7-5-. The Labute approximate surface area is 85.6 Å². The van der Waals surface area contributed by atoms with E-state index in [-0.39, 0.29) is 11.9 Å². The Balaban J connectivity index is 2.99. The fourth-order valence-corrected chi connectivity index (χ4v) is 1.57. The van der Waals surface area contributed by atoms with Crippen molar-refractivity contribution in [2.24, 2.45) is 0 Å². The third-order valence-corrected chi connectivity index (χ3v) is 2.38. The lowest BCUT2D eigenvalue weighted by atomic mass is 10.1. The molecule has 1 aliphatic heterocycles. The lowest BCUT2D eigenvalue weighted by Gasteiger charge is -2.20. The van der Waals surface area contributed by atoms with Crippen LogP contribution in [0.1, 0.15) is 20.8 Å². The molecule has 0 fully saturated rings. The topological polar surface area (TPSA) is 20.3 Å². The zero-order valence-electron chi connectivity index (χ0n) is 9.08. The average Bonchev–Trinajstić information content (AvgIpc) is 2.45. The highest BCUT2D eigenvalue weighted by molar-refractivity contribution is 6.00. The molecule has 0 N–H and O–H groups in total. The molecular formula is C12H17NO. The normalized spacial score (nSPS) is 17.7. The summed E-state index contributed by atoms with van der Waals surface area (Å²) in [5.41, 5.74) is 1.82. The Bertz CT molecular complexity index is 310. The smallest absolute Gasteiger partial charge is 0.254 e. The summed E-state index contributed by atoms with van der Waals surface area (Å²) in [5, 5.41) is 0. The molecule has 2 heteroatoms. The highest BCUT2D eigenvalue weighted by Crippen LogP contribution is 2.22. The van der Waals surface area contributed by atoms with Gasteiger partial charge in [0.05, 0.1) is 0 Å². The predicted octanol–water partition coefficient (Wildman–Crippen LogP) is 2.30. The molecule has 1 amide bonds. The van der Waals surface area contributed by atoms with E-state index in [1.807, 2.05) is 37.8 Å². The Morgan fingerprint density at radius 1 is 1.50 bits per heavy atom. The van der Waals surface area contributed by atoms with Crippen LogP contribution in [-0.4, -0.2) is 23.4 Å². The van der Waals surface area contributed by atoms with Crippen LogP contribution in [0.25, 0.3) is 0 Å². The molecule has 0 aromatic rings. The molecule has 0 bridgehead atoms. The molecule has 0 unspecified atom stereocenters. The van der Waals surface area contributed by atoms with Gasteiger partial charge in [-0.05, 0) is 26.3 Å². The van der Waals surface area contributed by atoms with Crippen molar-refractivity contribution >= 4 is 5.91 Å². The van der Waals surface area contributed by atoms with Crippen LogP contribution in [0.5, 0.6) is 0 Å². The molecule has 2 nitrogen and oxygen atoms in total. The lowest BCUT2D eigenvalue weighted by molar-refractivity contribution is -0.126. The maximum Gasteiger partial charge on any atom is 0.254 e. The Morgan fingerprint density at radius 3 is 2.57 bits per heavy atom. The quantitative estimate of drug-likeness (QED) is 0.670. The van der Waals surface area contributed by atoms with Crippen molar-refractivity contribution in [1.82, 2.24) is 4.90 Å². The van der Waals surface area contributed by atoms with E-state index in [0.717, 1.165) is 11.1 Å². The largest absolute Gasteiger partial charge is 0.332 e. The first-order valence-electron chi connectivity index (χ1n) is 4.91. The Hall–Kier alpha value is -1.31. The SMILES string of the molecule is C=CC1=C(/C=C\C)C(=O)N(C(C)C)C1. The molecule has 1 aliphatic rings. The van der Waals surface area contributed by atoms with Crippen LogP contribution in [-0.2, 0) is 4.79 Å². The van der Waals surface area contributed by atoms with Crippen molar-refractivity contribution in [3.63, 3.8) is 0 Å². The van der Waals surface area contributed by atoms with Gasteiger partial charge in [-0.15, -0.1) is 0 Å². The summed E-state index contributed by atoms with van der Waals surface area (Å²) in [7, 11) is 0. The van der Waals surface area contributed by atoms with Crippen molar-refractivity contribution < 1.29 is 4.79 Å². The van der Waals surface area contributed by atoms with E-state index in [9.17, 15) is 4.79 Å². The van der Waals surface area contributed by atoms with Gasteiger partial charge in [-0.2, -0.15) is 0 Å². The van der Waals surface area contributed by atoms with Crippen molar-refractivity contribution in [3.05, 3.63) is 36.0 Å². The number of carbonyl (C=O) groups is 1. The van der Waals surface area contributed by atoms with E-state index >= 15 is 0 Å². The molecule has 14 heavy (non-hydrogen) atoms. The summed E-state index contributed by atoms with van der Waals surface area (Å²) >= 11 is 0. The van der Waals surface area contributed by atoms with Crippen LogP contribution in [0.2, 0.25) is 0 Å². The van der Waals surface area contributed by atoms with E-state index in [0.29, 0.717) is 6.54 Å². The second kappa shape index (κ2) is 4.27. The Morgan fingerprint density at radius 2 is 2.14 bits per heavy atom. The van der Waals surface area contributed by atoms with Crippen LogP contribution in [0.15, 0.2) is 36.0 Å². The first kappa shape index (κ1) is 10.8. The first-order valence-corrected chi connectivity index (χ1v) is 4.91. The number of allylic oxidation sites excluding steroid dienone is 1. The maximum absolute atomic E-state index is 11.9. The highest BCUT2D eigenvalue weighted by atomic mass is 16.2. The van der Waals surface area contributed by atoms with E-state index in [1.54, 1.807) is 6.08 Å². The summed E-state index contributed by atoms with van der Waals surface area (Å²) < 4.78 is 0. The number of amides is 1. The van der Waals surface area contributed by atoms with E-state index in [4.69, 9.17) is 0 Å². The minimum absolute atomic E-state index is 0.119. The molecule has 0 radical (unpaired) electrons. The van der Waals surface area contributed by atoms with Crippen LogP contribution < -0.4 is 0 Å². The summed E-state index contributed by atoms with van der Waals surface area (Å²) in [6, 6.07) is 0.250. The number of hydrogen-bond donors (Lipinski definition) is 0. The van der Waals surface area contributed by atoms with E-state index < -0.39 is 0 Å². The molecule has 0 saturated carbocycles. The zero-order chi connectivity index (χ0) is 10.7. The third kappa shape index (κ3) is 1.79. The average molecular weight is 191 g/mol. The monoisotopic (exact) mass is 191 g/mol. The molecule has 0 aliphatic carbocycles. The van der Waals surface area contributed by atoms with Gasteiger partial charge in [0.15, 0.2) is 0 Å². The lowest BCUT2D eigenvalue weighted by Crippen LogP contribution is -2.33. The molecule has 0 aromatic carbocycles. The molecule has 0 atom stereocenters. The molecule has 1 heterocycles. The summed E-state index contributed by atoms with van der Waals surface area (Å²) in [4.78, 5) is 13.7. The molecule has 0 aromatic heterocycles. The first-order chi connectivity index (χ1) is 6.61. The zero-order valence-corrected chi connectivity index (χ0v) is 9.08. The van der Waals surface area contributed by atoms with Gasteiger partial charge in [-0.1, -0.05) is 24.8 Å². The van der Waals surface area contributed by atoms with Crippen LogP contribution in [0.3, 0.4) is 0 Å². The second-order valence-electron chi connectivity index (χ2n) is 3.67. The number of rotatable bonds is 3. The fraction of sp³-hybridized carbons (Fsp3) is 0.417. The highest BCUT2D eigenvalue weighted by Gasteiger charge is 2.28. The van der Waals surface area contributed by atoms with Gasteiger partial charge in [-0.25, -0.2) is 0 Å². The van der Waals surface area contributed by atoms with Crippen molar-refractivity contribution in [2.75, 3.05) is 6.54 Å². The fourth-order valence-electron chi connectivity index (χ4n) is 1.57. The van der Waals surface area contributed by atoms with Gasteiger partial charge in [-0.3, -0.25) is 4.79 Å². The number of nitrogens with zero attached hydrogens (tertiary/aromatic N) is 1. The third-order valence-electron chi connectivity index (χ3n) is 2.38. The second-order valence-corrected chi connectivity index (χ2v) is 3.67. The maximum atomic E-state index is 11.9. The summed E-state index contributed by atoms with van der Waals surface area (Å²) in [6.07, 6.45) is 5.53. The van der Waals surface area contributed by atoms with E-state index in [1.165, 1.54) is 0 Å². The summed E-state index contributed by atoms with van der Waals surface area (Å²) in [5.74, 6) is 0.119. The van der Waals surface area contributed by atoms with Gasteiger partial charge in [0.1, 0.15) is 0 Å². The molecule has 0 saturated heterocycles. The van der Waals surface area contributed by atoms with Crippen molar-refractivity contribution in [3.8, 4) is 0 Å².